The highest BCUT2D eigenvalue weighted by Gasteiger charge is 2.15. The van der Waals surface area contributed by atoms with E-state index in [0.717, 1.165) is 36.2 Å². The van der Waals surface area contributed by atoms with E-state index in [9.17, 15) is 0 Å². The fourth-order valence-corrected chi connectivity index (χ4v) is 2.86. The van der Waals surface area contributed by atoms with Gasteiger partial charge in [0.05, 0.1) is 12.1 Å². The number of aromatic nitrogens is 1. The van der Waals surface area contributed by atoms with Gasteiger partial charge in [0.2, 0.25) is 0 Å². The molecule has 102 valence electrons. The number of nitrogens with one attached hydrogen (secondary N) is 1. The molecule has 0 radical (unpaired) electrons. The third-order valence-corrected chi connectivity index (χ3v) is 3.88. The van der Waals surface area contributed by atoms with Crippen LogP contribution in [0, 0.1) is 0 Å². The standard InChI is InChI=1S/C17H17NO2/c1-2-6-15-13(5-1)14-9-8-12(11-16(14)18-15)20-17-7-3-4-10-19-17/h1-2,5-6,8-9,11,17-18H,3-4,7,10H2/t17-/m1/s1. The monoisotopic (exact) mass is 267 g/mol. The van der Waals surface area contributed by atoms with Crippen LogP contribution in [0.3, 0.4) is 0 Å². The number of aromatic amines is 1. The molecule has 2 aromatic carbocycles. The zero-order valence-corrected chi connectivity index (χ0v) is 11.3. The molecule has 0 unspecified atom stereocenters. The van der Waals surface area contributed by atoms with Crippen LogP contribution in [0.2, 0.25) is 0 Å². The van der Waals surface area contributed by atoms with E-state index in [1.165, 1.54) is 17.2 Å². The highest BCUT2D eigenvalue weighted by Crippen LogP contribution is 2.29. The predicted molar refractivity (Wildman–Crippen MR) is 80.0 cm³/mol. The van der Waals surface area contributed by atoms with Crippen molar-refractivity contribution >= 4 is 21.8 Å². The molecule has 1 aliphatic rings. The van der Waals surface area contributed by atoms with Gasteiger partial charge in [-0.25, -0.2) is 0 Å². The molecule has 0 aliphatic carbocycles. The first-order chi connectivity index (χ1) is 9.90. The lowest BCUT2D eigenvalue weighted by Crippen LogP contribution is -2.24. The van der Waals surface area contributed by atoms with Crippen molar-refractivity contribution in [3.8, 4) is 5.75 Å². The van der Waals surface area contributed by atoms with E-state index in [1.54, 1.807) is 0 Å². The Labute approximate surface area is 117 Å². The third-order valence-electron chi connectivity index (χ3n) is 3.88. The van der Waals surface area contributed by atoms with E-state index in [2.05, 4.69) is 35.3 Å². The fourth-order valence-electron chi connectivity index (χ4n) is 2.86. The molecule has 3 heteroatoms. The maximum atomic E-state index is 5.92. The molecule has 0 amide bonds. The molecular formula is C17H17NO2. The Morgan fingerprint density at radius 3 is 2.80 bits per heavy atom. The molecule has 3 nitrogen and oxygen atoms in total. The first kappa shape index (κ1) is 11.8. The number of hydrogen-bond acceptors (Lipinski definition) is 2. The number of ether oxygens (including phenoxy) is 2. The number of hydrogen-bond donors (Lipinski definition) is 1. The van der Waals surface area contributed by atoms with E-state index >= 15 is 0 Å². The normalized spacial score (nSPS) is 19.5. The largest absolute Gasteiger partial charge is 0.465 e. The zero-order chi connectivity index (χ0) is 13.4. The van der Waals surface area contributed by atoms with Crippen molar-refractivity contribution < 1.29 is 9.47 Å². The van der Waals surface area contributed by atoms with Gasteiger partial charge in [-0.1, -0.05) is 18.2 Å². The lowest BCUT2D eigenvalue weighted by Gasteiger charge is -2.23. The summed E-state index contributed by atoms with van der Waals surface area (Å²) in [6, 6.07) is 14.6. The number of benzene rings is 2. The van der Waals surface area contributed by atoms with Crippen LogP contribution in [0.1, 0.15) is 19.3 Å². The summed E-state index contributed by atoms with van der Waals surface area (Å²) in [5.74, 6) is 0.871. The summed E-state index contributed by atoms with van der Waals surface area (Å²) in [6.45, 7) is 0.805. The van der Waals surface area contributed by atoms with Crippen molar-refractivity contribution in [1.82, 2.24) is 4.98 Å². The van der Waals surface area contributed by atoms with Gasteiger partial charge in [0.25, 0.3) is 0 Å². The number of H-pyrrole nitrogens is 1. The first-order valence-corrected chi connectivity index (χ1v) is 7.19. The molecule has 2 heterocycles. The predicted octanol–water partition coefficient (Wildman–Crippen LogP) is 4.23. The molecule has 3 aromatic rings. The van der Waals surface area contributed by atoms with Gasteiger partial charge in [-0.05, 0) is 31.0 Å². The first-order valence-electron chi connectivity index (χ1n) is 7.19. The van der Waals surface area contributed by atoms with E-state index in [1.807, 2.05) is 12.1 Å². The summed E-state index contributed by atoms with van der Waals surface area (Å²) in [4.78, 5) is 3.43. The van der Waals surface area contributed by atoms with Gasteiger partial charge < -0.3 is 14.5 Å². The molecule has 1 fully saturated rings. The Bertz CT molecular complexity index is 741. The van der Waals surface area contributed by atoms with Gasteiger partial charge in [-0.2, -0.15) is 0 Å². The lowest BCUT2D eigenvalue weighted by atomic mass is 10.1. The van der Waals surface area contributed by atoms with Gasteiger partial charge in [-0.3, -0.25) is 0 Å². The summed E-state index contributed by atoms with van der Waals surface area (Å²) < 4.78 is 11.5. The molecule has 1 N–H and O–H groups in total. The highest BCUT2D eigenvalue weighted by molar-refractivity contribution is 6.07. The zero-order valence-electron chi connectivity index (χ0n) is 11.3. The number of para-hydroxylation sites is 1. The molecule has 1 atom stereocenters. The van der Waals surface area contributed by atoms with Crippen molar-refractivity contribution in [2.24, 2.45) is 0 Å². The Morgan fingerprint density at radius 2 is 1.90 bits per heavy atom. The van der Waals surface area contributed by atoms with Gasteiger partial charge in [0, 0.05) is 28.8 Å². The van der Waals surface area contributed by atoms with E-state index in [0.29, 0.717) is 0 Å². The summed E-state index contributed by atoms with van der Waals surface area (Å²) in [6.07, 6.45) is 3.20. The topological polar surface area (TPSA) is 34.2 Å². The summed E-state index contributed by atoms with van der Waals surface area (Å²) in [5.41, 5.74) is 2.27. The molecule has 1 saturated heterocycles. The highest BCUT2D eigenvalue weighted by atomic mass is 16.7. The molecule has 0 saturated carbocycles. The second-order valence-corrected chi connectivity index (χ2v) is 5.29. The van der Waals surface area contributed by atoms with Gasteiger partial charge in [0.1, 0.15) is 5.75 Å². The Balaban J connectivity index is 1.69. The Kier molecular flexibility index (Phi) is 2.85. The SMILES string of the molecule is c1ccc2c(c1)[nH]c1cc(O[C@@H]3CCCCO3)ccc12. The fraction of sp³-hybridized carbons (Fsp3) is 0.294. The van der Waals surface area contributed by atoms with Crippen LogP contribution in [-0.4, -0.2) is 17.9 Å². The van der Waals surface area contributed by atoms with Crippen molar-refractivity contribution in [1.29, 1.82) is 0 Å². The summed E-state index contributed by atoms with van der Waals surface area (Å²) in [7, 11) is 0. The smallest absolute Gasteiger partial charge is 0.199 e. The number of rotatable bonds is 2. The van der Waals surface area contributed by atoms with Crippen LogP contribution in [-0.2, 0) is 4.74 Å². The summed E-state index contributed by atoms with van der Waals surface area (Å²) in [5, 5.41) is 2.49. The average molecular weight is 267 g/mol. The Hall–Kier alpha value is -2.00. The third kappa shape index (κ3) is 2.04. The minimum absolute atomic E-state index is 0.0921. The van der Waals surface area contributed by atoms with Crippen LogP contribution in [0.15, 0.2) is 42.5 Å². The number of fused-ring (bicyclic) bond motifs is 3. The van der Waals surface area contributed by atoms with E-state index < -0.39 is 0 Å². The molecule has 1 aromatic heterocycles. The molecule has 4 rings (SSSR count). The second-order valence-electron chi connectivity index (χ2n) is 5.29. The second kappa shape index (κ2) is 4.84. The van der Waals surface area contributed by atoms with Crippen LogP contribution >= 0.6 is 0 Å². The van der Waals surface area contributed by atoms with Crippen molar-refractivity contribution in [3.63, 3.8) is 0 Å². The van der Waals surface area contributed by atoms with Crippen LogP contribution in [0.5, 0.6) is 5.75 Å². The minimum atomic E-state index is -0.0921. The van der Waals surface area contributed by atoms with E-state index in [4.69, 9.17) is 9.47 Å². The van der Waals surface area contributed by atoms with Crippen molar-refractivity contribution in [2.45, 2.75) is 25.6 Å². The minimum Gasteiger partial charge on any atom is -0.465 e. The van der Waals surface area contributed by atoms with Gasteiger partial charge >= 0.3 is 0 Å². The molecule has 1 aliphatic heterocycles. The molecule has 20 heavy (non-hydrogen) atoms. The molecule has 0 bridgehead atoms. The Morgan fingerprint density at radius 1 is 1.00 bits per heavy atom. The van der Waals surface area contributed by atoms with Crippen molar-refractivity contribution in [2.75, 3.05) is 6.61 Å². The van der Waals surface area contributed by atoms with Gasteiger partial charge in [-0.15, -0.1) is 0 Å². The molecule has 0 spiro atoms. The maximum absolute atomic E-state index is 5.92. The summed E-state index contributed by atoms with van der Waals surface area (Å²) >= 11 is 0. The van der Waals surface area contributed by atoms with Crippen LogP contribution < -0.4 is 4.74 Å². The van der Waals surface area contributed by atoms with Crippen LogP contribution in [0.4, 0.5) is 0 Å². The lowest BCUT2D eigenvalue weighted by molar-refractivity contribution is -0.105. The molecular weight excluding hydrogens is 250 g/mol. The van der Waals surface area contributed by atoms with Gasteiger partial charge in [0.15, 0.2) is 6.29 Å². The van der Waals surface area contributed by atoms with E-state index in [-0.39, 0.29) is 6.29 Å². The quantitative estimate of drug-likeness (QED) is 0.754. The van der Waals surface area contributed by atoms with Crippen molar-refractivity contribution in [3.05, 3.63) is 42.5 Å². The maximum Gasteiger partial charge on any atom is 0.199 e. The van der Waals surface area contributed by atoms with Crippen LogP contribution in [0.25, 0.3) is 21.8 Å². The average Bonchev–Trinajstić information content (AvgIpc) is 2.86.